The molecular weight excluding hydrogens is 270 g/mol. The van der Waals surface area contributed by atoms with Gasteiger partial charge in [0.2, 0.25) is 0 Å². The molecule has 8 nitrogen and oxygen atoms in total. The Morgan fingerprint density at radius 3 is 1.95 bits per heavy atom. The first-order valence-electron chi connectivity index (χ1n) is 5.22. The zero-order chi connectivity index (χ0) is 14.8. The molecule has 0 aliphatic carbocycles. The van der Waals surface area contributed by atoms with Crippen molar-refractivity contribution in [2.75, 3.05) is 7.11 Å². The molecule has 0 spiro atoms. The SMILES string of the molecule is COC(=O)[C@@H](N)Cc1ccccc1.O.O=C(O)C(=O)O. The maximum absolute atomic E-state index is 11.0. The predicted octanol–water partition coefficient (Wildman–Crippen LogP) is -0.940. The average Bonchev–Trinajstić information content (AvgIpc) is 2.39. The zero-order valence-corrected chi connectivity index (χ0v) is 10.8. The number of nitrogens with two attached hydrogens (primary N) is 1. The molecule has 20 heavy (non-hydrogen) atoms. The van der Waals surface area contributed by atoms with Crippen LogP contribution in [0, 0.1) is 0 Å². The largest absolute Gasteiger partial charge is 0.473 e. The Balaban J connectivity index is 0. The molecule has 0 radical (unpaired) electrons. The highest BCUT2D eigenvalue weighted by atomic mass is 16.5. The van der Waals surface area contributed by atoms with Gasteiger partial charge in [0.05, 0.1) is 7.11 Å². The summed E-state index contributed by atoms with van der Waals surface area (Å²) < 4.78 is 4.52. The number of aliphatic carboxylic acids is 2. The van der Waals surface area contributed by atoms with Gasteiger partial charge in [0, 0.05) is 0 Å². The average molecular weight is 287 g/mol. The number of hydrogen-bond donors (Lipinski definition) is 3. The summed E-state index contributed by atoms with van der Waals surface area (Å²) in [6.07, 6.45) is 0.521. The van der Waals surface area contributed by atoms with Gasteiger partial charge in [-0.1, -0.05) is 30.3 Å². The van der Waals surface area contributed by atoms with Crippen molar-refractivity contribution in [1.82, 2.24) is 0 Å². The molecule has 0 saturated heterocycles. The maximum Gasteiger partial charge on any atom is 0.414 e. The van der Waals surface area contributed by atoms with E-state index in [9.17, 15) is 4.79 Å². The molecule has 0 unspecified atom stereocenters. The molecule has 0 aromatic heterocycles. The minimum Gasteiger partial charge on any atom is -0.473 e. The van der Waals surface area contributed by atoms with Gasteiger partial charge in [0.25, 0.3) is 0 Å². The second kappa shape index (κ2) is 10.5. The first kappa shape index (κ1) is 19.9. The third kappa shape index (κ3) is 8.61. The van der Waals surface area contributed by atoms with Crippen LogP contribution in [0.2, 0.25) is 0 Å². The molecular formula is C12H17NO7. The van der Waals surface area contributed by atoms with Crippen molar-refractivity contribution < 1.29 is 34.8 Å². The van der Waals surface area contributed by atoms with Crippen LogP contribution < -0.4 is 5.73 Å². The van der Waals surface area contributed by atoms with E-state index in [4.69, 9.17) is 25.5 Å². The van der Waals surface area contributed by atoms with Crippen LogP contribution in [0.3, 0.4) is 0 Å². The van der Waals surface area contributed by atoms with Crippen LogP contribution in [0.25, 0.3) is 0 Å². The number of carboxylic acids is 2. The lowest BCUT2D eigenvalue weighted by atomic mass is 10.1. The summed E-state index contributed by atoms with van der Waals surface area (Å²) in [6, 6.07) is 9.06. The molecule has 1 atom stereocenters. The van der Waals surface area contributed by atoms with Crippen LogP contribution in [0.15, 0.2) is 30.3 Å². The quantitative estimate of drug-likeness (QED) is 0.477. The number of methoxy groups -OCH3 is 1. The molecule has 8 heteroatoms. The summed E-state index contributed by atoms with van der Waals surface area (Å²) in [5, 5.41) is 14.8. The molecule has 0 bridgehead atoms. The Labute approximate surface area is 115 Å². The van der Waals surface area contributed by atoms with Gasteiger partial charge in [-0.15, -0.1) is 0 Å². The van der Waals surface area contributed by atoms with Crippen molar-refractivity contribution >= 4 is 17.9 Å². The summed E-state index contributed by atoms with van der Waals surface area (Å²) in [7, 11) is 1.34. The third-order valence-corrected chi connectivity index (χ3v) is 1.99. The summed E-state index contributed by atoms with van der Waals surface area (Å²) in [5.41, 5.74) is 6.63. The third-order valence-electron chi connectivity index (χ3n) is 1.99. The van der Waals surface area contributed by atoms with Gasteiger partial charge in [0.15, 0.2) is 0 Å². The fourth-order valence-corrected chi connectivity index (χ4v) is 1.10. The molecule has 0 aliphatic rings. The summed E-state index contributed by atoms with van der Waals surface area (Å²) in [4.78, 5) is 29.2. The van der Waals surface area contributed by atoms with Crippen molar-refractivity contribution in [1.29, 1.82) is 0 Å². The Morgan fingerprint density at radius 1 is 1.15 bits per heavy atom. The zero-order valence-electron chi connectivity index (χ0n) is 10.8. The van der Waals surface area contributed by atoms with E-state index in [1.165, 1.54) is 7.11 Å². The first-order chi connectivity index (χ1) is 8.88. The van der Waals surface area contributed by atoms with E-state index < -0.39 is 18.0 Å². The predicted molar refractivity (Wildman–Crippen MR) is 69.0 cm³/mol. The number of esters is 1. The van der Waals surface area contributed by atoms with Crippen LogP contribution >= 0.6 is 0 Å². The van der Waals surface area contributed by atoms with E-state index in [2.05, 4.69) is 4.74 Å². The van der Waals surface area contributed by atoms with Gasteiger partial charge < -0.3 is 26.2 Å². The molecule has 1 rings (SSSR count). The molecule has 0 saturated carbocycles. The second-order valence-electron chi connectivity index (χ2n) is 3.43. The molecule has 0 amide bonds. The fraction of sp³-hybridized carbons (Fsp3) is 0.250. The summed E-state index contributed by atoms with van der Waals surface area (Å²) >= 11 is 0. The van der Waals surface area contributed by atoms with Crippen molar-refractivity contribution in [3.8, 4) is 0 Å². The molecule has 0 fully saturated rings. The van der Waals surface area contributed by atoms with Crippen LogP contribution in [0.4, 0.5) is 0 Å². The van der Waals surface area contributed by atoms with Gasteiger partial charge in [-0.25, -0.2) is 9.59 Å². The number of carbonyl (C=O) groups is 3. The molecule has 0 aliphatic heterocycles. The van der Waals surface area contributed by atoms with Gasteiger partial charge in [-0.3, -0.25) is 4.79 Å². The van der Waals surface area contributed by atoms with Crippen LogP contribution in [0.1, 0.15) is 5.56 Å². The number of carboxylic acid groups (broad SMARTS) is 2. The standard InChI is InChI=1S/C10H13NO2.C2H2O4.H2O/c1-13-10(12)9(11)7-8-5-3-2-4-6-8;3-1(4)2(5)6;/h2-6,9H,7,11H2,1H3;(H,3,4)(H,5,6);1H2/t9-;;/m0../s1. The normalized spacial score (nSPS) is 10.1. The van der Waals surface area contributed by atoms with E-state index in [0.717, 1.165) is 5.56 Å². The Hall–Kier alpha value is -2.45. The molecule has 6 N–H and O–H groups in total. The molecule has 112 valence electrons. The van der Waals surface area contributed by atoms with E-state index in [-0.39, 0.29) is 11.4 Å². The van der Waals surface area contributed by atoms with E-state index >= 15 is 0 Å². The summed E-state index contributed by atoms with van der Waals surface area (Å²) in [6.45, 7) is 0. The Kier molecular flexibility index (Phi) is 10.4. The number of carbonyl (C=O) groups excluding carboxylic acids is 1. The summed E-state index contributed by atoms with van der Waals surface area (Å²) in [5.74, 6) is -4.02. The number of hydrogen-bond acceptors (Lipinski definition) is 5. The lowest BCUT2D eigenvalue weighted by Gasteiger charge is -2.08. The van der Waals surface area contributed by atoms with Gasteiger partial charge in [-0.2, -0.15) is 0 Å². The van der Waals surface area contributed by atoms with Crippen molar-refractivity contribution in [2.24, 2.45) is 5.73 Å². The highest BCUT2D eigenvalue weighted by Gasteiger charge is 2.13. The van der Waals surface area contributed by atoms with Gasteiger partial charge in [-0.05, 0) is 12.0 Å². The molecule has 1 aromatic rings. The van der Waals surface area contributed by atoms with Crippen molar-refractivity contribution in [3.63, 3.8) is 0 Å². The van der Waals surface area contributed by atoms with E-state index in [1.807, 2.05) is 30.3 Å². The van der Waals surface area contributed by atoms with Crippen LogP contribution in [-0.2, 0) is 25.5 Å². The number of ether oxygens (including phenoxy) is 1. The lowest BCUT2D eigenvalue weighted by molar-refractivity contribution is -0.159. The monoisotopic (exact) mass is 287 g/mol. The number of benzene rings is 1. The van der Waals surface area contributed by atoms with Crippen molar-refractivity contribution in [2.45, 2.75) is 12.5 Å². The van der Waals surface area contributed by atoms with Gasteiger partial charge >= 0.3 is 17.9 Å². The molecule has 1 aromatic carbocycles. The second-order valence-corrected chi connectivity index (χ2v) is 3.43. The molecule has 0 heterocycles. The lowest BCUT2D eigenvalue weighted by Crippen LogP contribution is -2.33. The van der Waals surface area contributed by atoms with Gasteiger partial charge in [0.1, 0.15) is 6.04 Å². The van der Waals surface area contributed by atoms with Crippen molar-refractivity contribution in [3.05, 3.63) is 35.9 Å². The minimum absolute atomic E-state index is 0. The van der Waals surface area contributed by atoms with Crippen LogP contribution in [-0.4, -0.2) is 46.7 Å². The fourth-order valence-electron chi connectivity index (χ4n) is 1.10. The Morgan fingerprint density at radius 2 is 1.60 bits per heavy atom. The first-order valence-corrected chi connectivity index (χ1v) is 5.22. The van der Waals surface area contributed by atoms with E-state index in [0.29, 0.717) is 6.42 Å². The smallest absolute Gasteiger partial charge is 0.414 e. The minimum atomic E-state index is -1.82. The maximum atomic E-state index is 11.0. The topological polar surface area (TPSA) is 158 Å². The van der Waals surface area contributed by atoms with Crippen LogP contribution in [0.5, 0.6) is 0 Å². The highest BCUT2D eigenvalue weighted by molar-refractivity contribution is 6.27. The van der Waals surface area contributed by atoms with E-state index in [1.54, 1.807) is 0 Å². The Bertz CT molecular complexity index is 421. The highest BCUT2D eigenvalue weighted by Crippen LogP contribution is 2.02. The number of rotatable bonds is 3.